The van der Waals surface area contributed by atoms with Crippen LogP contribution in [0.1, 0.15) is 29.7 Å². The Morgan fingerprint density at radius 2 is 1.86 bits per heavy atom. The lowest BCUT2D eigenvalue weighted by molar-refractivity contribution is -0.141. The Balaban J connectivity index is 2.42. The van der Waals surface area contributed by atoms with Crippen molar-refractivity contribution in [3.05, 3.63) is 65.2 Å². The molecule has 0 aliphatic heterocycles. The van der Waals surface area contributed by atoms with E-state index in [1.54, 1.807) is 6.07 Å². The number of hydrogen-bond acceptors (Lipinski definition) is 2. The van der Waals surface area contributed by atoms with E-state index in [9.17, 15) is 22.4 Å². The second kappa shape index (κ2) is 5.63. The van der Waals surface area contributed by atoms with E-state index in [0.29, 0.717) is 11.1 Å². The lowest BCUT2D eigenvalue weighted by Gasteiger charge is -2.15. The van der Waals surface area contributed by atoms with Gasteiger partial charge in [-0.15, -0.1) is 0 Å². The van der Waals surface area contributed by atoms with Gasteiger partial charge < -0.3 is 0 Å². The predicted octanol–water partition coefficient (Wildman–Crippen LogP) is 3.96. The highest BCUT2D eigenvalue weighted by Gasteiger charge is 2.32. The van der Waals surface area contributed by atoms with Crippen LogP contribution in [0.3, 0.4) is 0 Å². The van der Waals surface area contributed by atoms with E-state index in [-0.39, 0.29) is 5.78 Å². The summed E-state index contributed by atoms with van der Waals surface area (Å²) in [5.74, 6) is -1.66. The predicted molar refractivity (Wildman–Crippen MR) is 68.2 cm³/mol. The van der Waals surface area contributed by atoms with Gasteiger partial charge in [-0.2, -0.15) is 13.2 Å². The number of pyridine rings is 1. The minimum absolute atomic E-state index is 0.293. The maximum atomic E-state index is 13.3. The van der Waals surface area contributed by atoms with E-state index in [1.807, 2.05) is 0 Å². The third-order valence-electron chi connectivity index (χ3n) is 3.00. The molecule has 21 heavy (non-hydrogen) atoms. The fraction of sp³-hybridized carbons (Fsp3) is 0.200. The molecule has 2 rings (SSSR count). The molecule has 0 amide bonds. The maximum absolute atomic E-state index is 13.3. The van der Waals surface area contributed by atoms with E-state index in [0.717, 1.165) is 12.3 Å². The topological polar surface area (TPSA) is 30.0 Å². The Kier molecular flexibility index (Phi) is 4.06. The molecule has 2 nitrogen and oxygen atoms in total. The molecule has 1 atom stereocenters. The molecule has 0 saturated carbocycles. The van der Waals surface area contributed by atoms with Gasteiger partial charge >= 0.3 is 6.18 Å². The first-order valence-corrected chi connectivity index (χ1v) is 6.08. The van der Waals surface area contributed by atoms with Crippen LogP contribution in [0.15, 0.2) is 42.6 Å². The molecule has 1 aromatic carbocycles. The molecule has 1 heterocycles. The Morgan fingerprint density at radius 1 is 1.14 bits per heavy atom. The zero-order valence-electron chi connectivity index (χ0n) is 11.0. The number of carbonyl (C=O) groups excluding carboxylic acids is 1. The molecule has 0 aliphatic rings. The molecule has 0 spiro atoms. The van der Waals surface area contributed by atoms with Gasteiger partial charge in [0.15, 0.2) is 0 Å². The number of alkyl halides is 3. The molecule has 0 aliphatic carbocycles. The van der Waals surface area contributed by atoms with Crippen LogP contribution < -0.4 is 0 Å². The molecule has 0 N–H and O–H groups in total. The zero-order chi connectivity index (χ0) is 15.6. The molecule has 6 heteroatoms. The summed E-state index contributed by atoms with van der Waals surface area (Å²) in [5, 5.41) is 0. The third-order valence-corrected chi connectivity index (χ3v) is 3.00. The Morgan fingerprint density at radius 3 is 2.33 bits per heavy atom. The van der Waals surface area contributed by atoms with E-state index in [4.69, 9.17) is 0 Å². The largest absolute Gasteiger partial charge is 0.433 e. The molecule has 0 fully saturated rings. The molecule has 0 radical (unpaired) electrons. The van der Waals surface area contributed by atoms with E-state index >= 15 is 0 Å². The average molecular weight is 297 g/mol. The fourth-order valence-corrected chi connectivity index (χ4v) is 2.09. The van der Waals surface area contributed by atoms with Gasteiger partial charge in [-0.05, 0) is 36.2 Å². The van der Waals surface area contributed by atoms with Crippen LogP contribution in [0.4, 0.5) is 17.6 Å². The molecular weight excluding hydrogens is 286 g/mol. The number of aromatic nitrogens is 1. The molecule has 1 unspecified atom stereocenters. The van der Waals surface area contributed by atoms with E-state index in [2.05, 4.69) is 4.98 Å². The van der Waals surface area contributed by atoms with Crippen LogP contribution in [0.25, 0.3) is 0 Å². The summed E-state index contributed by atoms with van der Waals surface area (Å²) in [6.07, 6.45) is -3.54. The second-order valence-corrected chi connectivity index (χ2v) is 4.57. The van der Waals surface area contributed by atoms with E-state index < -0.39 is 23.6 Å². The highest BCUT2D eigenvalue weighted by Crippen LogP contribution is 2.30. The van der Waals surface area contributed by atoms with E-state index in [1.165, 1.54) is 31.2 Å². The SMILES string of the molecule is CC(=O)C(c1ccc(C(F)(F)F)nc1)c1cccc(F)c1. The lowest BCUT2D eigenvalue weighted by atomic mass is 9.89. The number of Topliss-reactive ketones (excluding diaryl/α,β-unsaturated/α-hetero) is 1. The summed E-state index contributed by atoms with van der Waals surface area (Å²) in [4.78, 5) is 15.1. The van der Waals surface area contributed by atoms with Crippen LogP contribution in [0.2, 0.25) is 0 Å². The Labute approximate surface area is 118 Å². The highest BCUT2D eigenvalue weighted by molar-refractivity contribution is 5.86. The van der Waals surface area contributed by atoms with Gasteiger partial charge in [0.05, 0.1) is 5.92 Å². The summed E-state index contributed by atoms with van der Waals surface area (Å²) in [5.41, 5.74) is -0.363. The van der Waals surface area contributed by atoms with Crippen molar-refractivity contribution in [1.82, 2.24) is 4.98 Å². The van der Waals surface area contributed by atoms with Gasteiger partial charge in [0.25, 0.3) is 0 Å². The van der Waals surface area contributed by atoms with Crippen molar-refractivity contribution in [3.63, 3.8) is 0 Å². The number of halogens is 4. The van der Waals surface area contributed by atoms with Gasteiger partial charge in [-0.3, -0.25) is 9.78 Å². The Bertz CT molecular complexity index is 649. The van der Waals surface area contributed by atoms with Gasteiger partial charge in [0, 0.05) is 6.20 Å². The standard InChI is InChI=1S/C15H11F4NO/c1-9(21)14(10-3-2-4-12(16)7-10)11-5-6-13(20-8-11)15(17,18)19/h2-8,14H,1H3. The Hall–Kier alpha value is -2.24. The molecule has 0 saturated heterocycles. The molecule has 0 bridgehead atoms. The number of carbonyl (C=O) groups is 1. The van der Waals surface area contributed by atoms with Crippen molar-refractivity contribution < 1.29 is 22.4 Å². The van der Waals surface area contributed by atoms with Gasteiger partial charge in [-0.1, -0.05) is 18.2 Å². The van der Waals surface area contributed by atoms with Crippen LogP contribution in [-0.4, -0.2) is 10.8 Å². The number of ketones is 1. The maximum Gasteiger partial charge on any atom is 0.433 e. The minimum atomic E-state index is -4.54. The summed E-state index contributed by atoms with van der Waals surface area (Å²) >= 11 is 0. The first-order valence-electron chi connectivity index (χ1n) is 6.08. The average Bonchev–Trinajstić information content (AvgIpc) is 2.38. The fourth-order valence-electron chi connectivity index (χ4n) is 2.09. The first-order chi connectivity index (χ1) is 9.79. The van der Waals surface area contributed by atoms with Crippen molar-refractivity contribution in [2.24, 2.45) is 0 Å². The summed E-state index contributed by atoms with van der Waals surface area (Å²) in [6, 6.07) is 7.40. The van der Waals surface area contributed by atoms with Crippen molar-refractivity contribution in [2.45, 2.75) is 19.0 Å². The molecule has 110 valence electrons. The number of rotatable bonds is 3. The summed E-state index contributed by atoms with van der Waals surface area (Å²) < 4.78 is 50.7. The number of hydrogen-bond donors (Lipinski definition) is 0. The number of benzene rings is 1. The van der Waals surface area contributed by atoms with Crippen LogP contribution in [0, 0.1) is 5.82 Å². The van der Waals surface area contributed by atoms with Gasteiger partial charge in [0.2, 0.25) is 0 Å². The van der Waals surface area contributed by atoms with Crippen LogP contribution in [0.5, 0.6) is 0 Å². The van der Waals surface area contributed by atoms with Crippen LogP contribution in [-0.2, 0) is 11.0 Å². The molecular formula is C15H11F4NO. The summed E-state index contributed by atoms with van der Waals surface area (Å²) in [6.45, 7) is 1.30. The minimum Gasteiger partial charge on any atom is -0.299 e. The third kappa shape index (κ3) is 3.45. The van der Waals surface area contributed by atoms with Gasteiger partial charge in [-0.25, -0.2) is 4.39 Å². The zero-order valence-corrected chi connectivity index (χ0v) is 11.0. The van der Waals surface area contributed by atoms with Crippen LogP contribution >= 0.6 is 0 Å². The first kappa shape index (κ1) is 15.2. The van der Waals surface area contributed by atoms with Crippen molar-refractivity contribution in [3.8, 4) is 0 Å². The normalized spacial score (nSPS) is 13.0. The lowest BCUT2D eigenvalue weighted by Crippen LogP contribution is -2.13. The number of nitrogens with zero attached hydrogens (tertiary/aromatic N) is 1. The molecule has 2 aromatic rings. The quantitative estimate of drug-likeness (QED) is 0.803. The van der Waals surface area contributed by atoms with Gasteiger partial charge in [0.1, 0.15) is 17.3 Å². The highest BCUT2D eigenvalue weighted by atomic mass is 19.4. The summed E-state index contributed by atoms with van der Waals surface area (Å²) in [7, 11) is 0. The van der Waals surface area contributed by atoms with Crippen molar-refractivity contribution >= 4 is 5.78 Å². The monoisotopic (exact) mass is 297 g/mol. The van der Waals surface area contributed by atoms with Crippen molar-refractivity contribution in [2.75, 3.05) is 0 Å². The van der Waals surface area contributed by atoms with Crippen molar-refractivity contribution in [1.29, 1.82) is 0 Å². The second-order valence-electron chi connectivity index (χ2n) is 4.57. The molecule has 1 aromatic heterocycles. The smallest absolute Gasteiger partial charge is 0.299 e.